The molecule has 1 heterocycles. The number of fused-ring (bicyclic) bond motifs is 1. The molecule has 2 aromatic rings. The predicted molar refractivity (Wildman–Crippen MR) is 67.2 cm³/mol. The van der Waals surface area contributed by atoms with Crippen molar-refractivity contribution in [2.75, 3.05) is 5.43 Å². The van der Waals surface area contributed by atoms with Crippen molar-refractivity contribution in [1.82, 2.24) is 9.55 Å². The Morgan fingerprint density at radius 1 is 1.31 bits per heavy atom. The highest BCUT2D eigenvalue weighted by Crippen LogP contribution is 2.26. The number of nitrogens with one attached hydrogen (secondary N) is 1. The molecular formula is C12H18N4. The highest BCUT2D eigenvalue weighted by atomic mass is 15.3. The van der Waals surface area contributed by atoms with Gasteiger partial charge < -0.3 is 4.57 Å². The molecule has 2 rings (SSSR count). The first kappa shape index (κ1) is 11.0. The minimum absolute atomic E-state index is 0.148. The van der Waals surface area contributed by atoms with Crippen LogP contribution >= 0.6 is 0 Å². The summed E-state index contributed by atoms with van der Waals surface area (Å²) in [4.78, 5) is 4.38. The van der Waals surface area contributed by atoms with E-state index in [9.17, 15) is 0 Å². The van der Waals surface area contributed by atoms with Gasteiger partial charge in [-0.25, -0.2) is 10.8 Å². The quantitative estimate of drug-likeness (QED) is 0.569. The van der Waals surface area contributed by atoms with E-state index in [0.29, 0.717) is 5.95 Å². The van der Waals surface area contributed by atoms with E-state index in [2.05, 4.69) is 43.3 Å². The fourth-order valence-electron chi connectivity index (χ4n) is 1.79. The highest BCUT2D eigenvalue weighted by molar-refractivity contribution is 5.79. The van der Waals surface area contributed by atoms with Crippen molar-refractivity contribution in [3.8, 4) is 0 Å². The molecule has 0 aliphatic carbocycles. The van der Waals surface area contributed by atoms with Crippen LogP contribution in [0.2, 0.25) is 0 Å². The third-order valence-electron chi connectivity index (χ3n) is 2.88. The van der Waals surface area contributed by atoms with Crippen LogP contribution in [0.5, 0.6) is 0 Å². The Hall–Kier alpha value is -1.55. The molecule has 4 heteroatoms. The summed E-state index contributed by atoms with van der Waals surface area (Å²) in [5.74, 6) is 6.09. The van der Waals surface area contributed by atoms with Crippen LogP contribution in [0.4, 0.5) is 5.95 Å². The zero-order chi connectivity index (χ0) is 11.9. The lowest BCUT2D eigenvalue weighted by Crippen LogP contribution is -2.12. The van der Waals surface area contributed by atoms with Crippen LogP contribution in [0.25, 0.3) is 11.0 Å². The molecule has 0 saturated carbocycles. The minimum atomic E-state index is 0.148. The van der Waals surface area contributed by atoms with Crippen molar-refractivity contribution >= 4 is 17.0 Å². The molecule has 1 aromatic carbocycles. The van der Waals surface area contributed by atoms with Crippen LogP contribution in [0.15, 0.2) is 18.2 Å². The lowest BCUT2D eigenvalue weighted by Gasteiger charge is -2.18. The zero-order valence-corrected chi connectivity index (χ0v) is 10.2. The molecule has 1 aromatic heterocycles. The van der Waals surface area contributed by atoms with Gasteiger partial charge in [0.15, 0.2) is 0 Å². The van der Waals surface area contributed by atoms with Crippen LogP contribution in [-0.4, -0.2) is 9.55 Å². The molecule has 0 aliphatic heterocycles. The fourth-order valence-corrected chi connectivity index (χ4v) is 1.79. The molecule has 0 atom stereocenters. The van der Waals surface area contributed by atoms with Crippen molar-refractivity contribution in [3.05, 3.63) is 23.8 Å². The Morgan fingerprint density at radius 3 is 2.56 bits per heavy atom. The second-order valence-corrected chi connectivity index (χ2v) is 5.09. The van der Waals surface area contributed by atoms with Gasteiger partial charge in [0.1, 0.15) is 0 Å². The Labute approximate surface area is 95.4 Å². The molecule has 0 radical (unpaired) electrons. The van der Waals surface area contributed by atoms with E-state index in [-0.39, 0.29) is 5.41 Å². The van der Waals surface area contributed by atoms with Crippen molar-refractivity contribution in [3.63, 3.8) is 0 Å². The number of nitrogen functional groups attached to an aromatic ring is 1. The van der Waals surface area contributed by atoms with Gasteiger partial charge in [-0.1, -0.05) is 26.8 Å². The number of imidazole rings is 1. The molecule has 86 valence electrons. The number of aryl methyl sites for hydroxylation is 1. The summed E-state index contributed by atoms with van der Waals surface area (Å²) in [5, 5.41) is 0. The smallest absolute Gasteiger partial charge is 0.218 e. The van der Waals surface area contributed by atoms with E-state index < -0.39 is 0 Å². The average Bonchev–Trinajstić information content (AvgIpc) is 2.54. The Kier molecular flexibility index (Phi) is 2.39. The zero-order valence-electron chi connectivity index (χ0n) is 10.2. The number of nitrogens with zero attached hydrogens (tertiary/aromatic N) is 2. The summed E-state index contributed by atoms with van der Waals surface area (Å²) in [6, 6.07) is 6.33. The lowest BCUT2D eigenvalue weighted by molar-refractivity contribution is 0.591. The lowest BCUT2D eigenvalue weighted by atomic mass is 9.87. The second kappa shape index (κ2) is 3.49. The summed E-state index contributed by atoms with van der Waals surface area (Å²) in [5.41, 5.74) is 6.10. The minimum Gasteiger partial charge on any atom is -0.312 e. The summed E-state index contributed by atoms with van der Waals surface area (Å²) in [7, 11) is 1.96. The largest absolute Gasteiger partial charge is 0.312 e. The molecule has 0 fully saturated rings. The van der Waals surface area contributed by atoms with E-state index >= 15 is 0 Å². The monoisotopic (exact) mass is 218 g/mol. The van der Waals surface area contributed by atoms with Gasteiger partial charge in [0.2, 0.25) is 5.95 Å². The molecule has 16 heavy (non-hydrogen) atoms. The normalized spacial score (nSPS) is 12.1. The Bertz CT molecular complexity index is 520. The maximum absolute atomic E-state index is 5.41. The van der Waals surface area contributed by atoms with Crippen LogP contribution in [0.1, 0.15) is 26.3 Å². The number of hydrazine groups is 1. The van der Waals surface area contributed by atoms with E-state index in [4.69, 9.17) is 5.84 Å². The van der Waals surface area contributed by atoms with E-state index in [1.54, 1.807) is 0 Å². The van der Waals surface area contributed by atoms with Crippen molar-refractivity contribution < 1.29 is 0 Å². The SMILES string of the molecule is Cn1c(NN)nc2ccc(C(C)(C)C)cc21. The maximum Gasteiger partial charge on any atom is 0.218 e. The van der Waals surface area contributed by atoms with Gasteiger partial charge in [0, 0.05) is 7.05 Å². The van der Waals surface area contributed by atoms with Crippen molar-refractivity contribution in [2.45, 2.75) is 26.2 Å². The first-order chi connectivity index (χ1) is 7.43. The standard InChI is InChI=1S/C12H18N4/c1-12(2,3)8-5-6-9-10(7-8)16(4)11(14-9)15-13/h5-7H,13H2,1-4H3,(H,14,15). The Balaban J connectivity index is 2.66. The first-order valence-electron chi connectivity index (χ1n) is 5.37. The van der Waals surface area contributed by atoms with Crippen LogP contribution in [0, 0.1) is 0 Å². The Morgan fingerprint density at radius 2 is 2.00 bits per heavy atom. The third kappa shape index (κ3) is 1.65. The van der Waals surface area contributed by atoms with Crippen molar-refractivity contribution in [1.29, 1.82) is 0 Å². The molecule has 0 saturated heterocycles. The number of hydrogen-bond acceptors (Lipinski definition) is 3. The summed E-state index contributed by atoms with van der Waals surface area (Å²) in [6.07, 6.45) is 0. The fraction of sp³-hybridized carbons (Fsp3) is 0.417. The van der Waals surface area contributed by atoms with Gasteiger partial charge in [-0.2, -0.15) is 0 Å². The van der Waals surface area contributed by atoms with Gasteiger partial charge in [0.25, 0.3) is 0 Å². The number of aromatic nitrogens is 2. The summed E-state index contributed by atoms with van der Waals surface area (Å²) >= 11 is 0. The van der Waals surface area contributed by atoms with Gasteiger partial charge in [-0.05, 0) is 23.1 Å². The third-order valence-corrected chi connectivity index (χ3v) is 2.88. The molecular weight excluding hydrogens is 200 g/mol. The van der Waals surface area contributed by atoms with E-state index in [1.807, 2.05) is 17.7 Å². The summed E-state index contributed by atoms with van der Waals surface area (Å²) < 4.78 is 1.96. The summed E-state index contributed by atoms with van der Waals surface area (Å²) in [6.45, 7) is 6.60. The van der Waals surface area contributed by atoms with Gasteiger partial charge in [-0.15, -0.1) is 0 Å². The highest BCUT2D eigenvalue weighted by Gasteiger charge is 2.15. The van der Waals surface area contributed by atoms with Crippen LogP contribution < -0.4 is 11.3 Å². The van der Waals surface area contributed by atoms with Crippen LogP contribution in [0.3, 0.4) is 0 Å². The number of benzene rings is 1. The van der Waals surface area contributed by atoms with E-state index in [1.165, 1.54) is 5.56 Å². The average molecular weight is 218 g/mol. The van der Waals surface area contributed by atoms with Crippen molar-refractivity contribution in [2.24, 2.45) is 12.9 Å². The molecule has 0 aliphatic rings. The number of nitrogens with two attached hydrogens (primary N) is 1. The van der Waals surface area contributed by atoms with E-state index in [0.717, 1.165) is 11.0 Å². The predicted octanol–water partition coefficient (Wildman–Crippen LogP) is 2.16. The molecule has 4 nitrogen and oxygen atoms in total. The number of hydrogen-bond donors (Lipinski definition) is 2. The van der Waals surface area contributed by atoms with Crippen LogP contribution in [-0.2, 0) is 12.5 Å². The number of anilines is 1. The first-order valence-corrected chi connectivity index (χ1v) is 5.37. The molecule has 0 bridgehead atoms. The molecule has 0 amide bonds. The molecule has 3 N–H and O–H groups in total. The number of rotatable bonds is 1. The maximum atomic E-state index is 5.41. The van der Waals surface area contributed by atoms with Gasteiger partial charge in [0.05, 0.1) is 11.0 Å². The topological polar surface area (TPSA) is 55.9 Å². The molecule has 0 spiro atoms. The van der Waals surface area contributed by atoms with Gasteiger partial charge in [-0.3, -0.25) is 5.43 Å². The van der Waals surface area contributed by atoms with Gasteiger partial charge >= 0.3 is 0 Å². The second-order valence-electron chi connectivity index (χ2n) is 5.09. The molecule has 0 unspecified atom stereocenters.